The van der Waals surface area contributed by atoms with E-state index in [1.807, 2.05) is 6.07 Å². The number of benzene rings is 2. The molecular weight excluding hydrogens is 312 g/mol. The van der Waals surface area contributed by atoms with Crippen molar-refractivity contribution >= 4 is 27.3 Å². The van der Waals surface area contributed by atoms with Gasteiger partial charge in [-0.2, -0.15) is 0 Å². The van der Waals surface area contributed by atoms with Gasteiger partial charge in [0.25, 0.3) is 0 Å². The molecule has 3 rings (SSSR count). The van der Waals surface area contributed by atoms with Crippen molar-refractivity contribution in [2.45, 2.75) is 19.4 Å². The van der Waals surface area contributed by atoms with E-state index >= 15 is 0 Å². The van der Waals surface area contributed by atoms with Crippen molar-refractivity contribution in [3.05, 3.63) is 58.6 Å². The Bertz CT molecular complexity index is 559. The van der Waals surface area contributed by atoms with Crippen LogP contribution in [0.4, 0.5) is 11.4 Å². The first-order valence-electron chi connectivity index (χ1n) is 7.15. The summed E-state index contributed by atoms with van der Waals surface area (Å²) in [6.45, 7) is 3.23. The molecule has 104 valence electrons. The smallest absolute Gasteiger partial charge is 0.0411 e. The Labute approximate surface area is 128 Å². The SMILES string of the molecule is Brc1ccccc1CNc1ccc(N2CCCC2)cc1. The maximum absolute atomic E-state index is 3.58. The first-order chi connectivity index (χ1) is 9.83. The zero-order valence-electron chi connectivity index (χ0n) is 11.5. The second-order valence-corrected chi connectivity index (χ2v) is 6.04. The van der Waals surface area contributed by atoms with E-state index < -0.39 is 0 Å². The summed E-state index contributed by atoms with van der Waals surface area (Å²) in [7, 11) is 0. The number of anilines is 2. The molecule has 0 bridgehead atoms. The maximum atomic E-state index is 3.58. The normalized spacial score (nSPS) is 14.6. The Morgan fingerprint density at radius 1 is 0.950 bits per heavy atom. The molecule has 2 aromatic carbocycles. The second kappa shape index (κ2) is 6.31. The van der Waals surface area contributed by atoms with Gasteiger partial charge in [-0.05, 0) is 48.7 Å². The van der Waals surface area contributed by atoms with Crippen LogP contribution in [0.25, 0.3) is 0 Å². The Morgan fingerprint density at radius 2 is 1.65 bits per heavy atom. The van der Waals surface area contributed by atoms with Crippen LogP contribution in [0.1, 0.15) is 18.4 Å². The van der Waals surface area contributed by atoms with Crippen molar-refractivity contribution in [3.63, 3.8) is 0 Å². The van der Waals surface area contributed by atoms with Crippen molar-refractivity contribution in [3.8, 4) is 0 Å². The van der Waals surface area contributed by atoms with Gasteiger partial charge in [-0.1, -0.05) is 34.1 Å². The average molecular weight is 331 g/mol. The first kappa shape index (κ1) is 13.5. The van der Waals surface area contributed by atoms with Gasteiger partial charge < -0.3 is 10.2 Å². The van der Waals surface area contributed by atoms with Gasteiger partial charge in [-0.25, -0.2) is 0 Å². The molecule has 1 N–H and O–H groups in total. The predicted octanol–water partition coefficient (Wildman–Crippen LogP) is 4.66. The summed E-state index contributed by atoms with van der Waals surface area (Å²) >= 11 is 3.58. The number of hydrogen-bond donors (Lipinski definition) is 1. The van der Waals surface area contributed by atoms with Crippen LogP contribution >= 0.6 is 15.9 Å². The van der Waals surface area contributed by atoms with E-state index in [0.717, 1.165) is 11.0 Å². The van der Waals surface area contributed by atoms with E-state index in [1.165, 1.54) is 42.9 Å². The van der Waals surface area contributed by atoms with Gasteiger partial charge in [0.15, 0.2) is 0 Å². The van der Waals surface area contributed by atoms with E-state index in [0.29, 0.717) is 0 Å². The fourth-order valence-corrected chi connectivity index (χ4v) is 3.03. The summed E-state index contributed by atoms with van der Waals surface area (Å²) in [5.74, 6) is 0. The monoisotopic (exact) mass is 330 g/mol. The van der Waals surface area contributed by atoms with Crippen molar-refractivity contribution in [2.75, 3.05) is 23.3 Å². The second-order valence-electron chi connectivity index (χ2n) is 5.19. The van der Waals surface area contributed by atoms with Gasteiger partial charge in [0.1, 0.15) is 0 Å². The van der Waals surface area contributed by atoms with Crippen LogP contribution in [0.15, 0.2) is 53.0 Å². The minimum Gasteiger partial charge on any atom is -0.381 e. The van der Waals surface area contributed by atoms with E-state index in [2.05, 4.69) is 68.6 Å². The minimum absolute atomic E-state index is 0.838. The molecule has 0 atom stereocenters. The van der Waals surface area contributed by atoms with E-state index in [9.17, 15) is 0 Å². The van der Waals surface area contributed by atoms with Gasteiger partial charge >= 0.3 is 0 Å². The van der Waals surface area contributed by atoms with Crippen molar-refractivity contribution in [2.24, 2.45) is 0 Å². The van der Waals surface area contributed by atoms with Crippen LogP contribution in [0.3, 0.4) is 0 Å². The van der Waals surface area contributed by atoms with E-state index in [-0.39, 0.29) is 0 Å². The minimum atomic E-state index is 0.838. The summed E-state index contributed by atoms with van der Waals surface area (Å²) in [5.41, 5.74) is 3.79. The van der Waals surface area contributed by atoms with Crippen LogP contribution in [-0.4, -0.2) is 13.1 Å². The highest BCUT2D eigenvalue weighted by Gasteiger charge is 2.11. The zero-order chi connectivity index (χ0) is 13.8. The van der Waals surface area contributed by atoms with Gasteiger partial charge in [0.05, 0.1) is 0 Å². The molecule has 0 saturated carbocycles. The highest BCUT2D eigenvalue weighted by molar-refractivity contribution is 9.10. The van der Waals surface area contributed by atoms with Crippen LogP contribution in [0.2, 0.25) is 0 Å². The Hall–Kier alpha value is -1.48. The standard InChI is InChI=1S/C17H19BrN2/c18-17-6-2-1-5-14(17)13-19-15-7-9-16(10-8-15)20-11-3-4-12-20/h1-2,5-10,19H,3-4,11-13H2. The Balaban J connectivity index is 1.62. The highest BCUT2D eigenvalue weighted by Crippen LogP contribution is 2.23. The number of nitrogens with zero attached hydrogens (tertiary/aromatic N) is 1. The maximum Gasteiger partial charge on any atom is 0.0411 e. The lowest BCUT2D eigenvalue weighted by Gasteiger charge is -2.18. The Morgan fingerprint density at radius 3 is 2.35 bits per heavy atom. The number of halogens is 1. The molecule has 3 heteroatoms. The summed E-state index contributed by atoms with van der Waals surface area (Å²) in [5, 5.41) is 3.47. The van der Waals surface area contributed by atoms with Crippen LogP contribution < -0.4 is 10.2 Å². The number of rotatable bonds is 4. The quantitative estimate of drug-likeness (QED) is 0.876. The van der Waals surface area contributed by atoms with E-state index in [1.54, 1.807) is 0 Å². The largest absolute Gasteiger partial charge is 0.381 e. The summed E-state index contributed by atoms with van der Waals surface area (Å²) in [6, 6.07) is 17.1. The predicted molar refractivity (Wildman–Crippen MR) is 89.4 cm³/mol. The molecule has 0 radical (unpaired) electrons. The van der Waals surface area contributed by atoms with Crippen LogP contribution in [0.5, 0.6) is 0 Å². The van der Waals surface area contributed by atoms with Gasteiger partial charge in [-0.3, -0.25) is 0 Å². The molecule has 0 spiro atoms. The molecule has 1 aliphatic heterocycles. The average Bonchev–Trinajstić information content (AvgIpc) is 3.01. The topological polar surface area (TPSA) is 15.3 Å². The summed E-state index contributed by atoms with van der Waals surface area (Å²) in [6.07, 6.45) is 2.64. The molecule has 1 fully saturated rings. The molecule has 20 heavy (non-hydrogen) atoms. The van der Waals surface area contributed by atoms with Crippen molar-refractivity contribution in [1.29, 1.82) is 0 Å². The van der Waals surface area contributed by atoms with E-state index in [4.69, 9.17) is 0 Å². The lowest BCUT2D eigenvalue weighted by Crippen LogP contribution is -2.17. The Kier molecular flexibility index (Phi) is 4.26. The highest BCUT2D eigenvalue weighted by atomic mass is 79.9. The van der Waals surface area contributed by atoms with Crippen LogP contribution in [0, 0.1) is 0 Å². The van der Waals surface area contributed by atoms with Gasteiger partial charge in [0.2, 0.25) is 0 Å². The zero-order valence-corrected chi connectivity index (χ0v) is 13.1. The van der Waals surface area contributed by atoms with Gasteiger partial charge in [0, 0.05) is 35.5 Å². The molecule has 1 heterocycles. The van der Waals surface area contributed by atoms with Gasteiger partial charge in [-0.15, -0.1) is 0 Å². The lowest BCUT2D eigenvalue weighted by atomic mass is 10.2. The molecule has 0 aromatic heterocycles. The molecule has 2 nitrogen and oxygen atoms in total. The molecule has 0 aliphatic carbocycles. The number of nitrogens with one attached hydrogen (secondary N) is 1. The third-order valence-corrected chi connectivity index (χ3v) is 4.55. The summed E-state index contributed by atoms with van der Waals surface area (Å²) < 4.78 is 1.15. The third kappa shape index (κ3) is 3.15. The van der Waals surface area contributed by atoms with Crippen molar-refractivity contribution in [1.82, 2.24) is 0 Å². The fourth-order valence-electron chi connectivity index (χ4n) is 2.60. The molecule has 2 aromatic rings. The van der Waals surface area contributed by atoms with Crippen molar-refractivity contribution < 1.29 is 0 Å². The molecule has 1 saturated heterocycles. The van der Waals surface area contributed by atoms with Crippen LogP contribution in [-0.2, 0) is 6.54 Å². The fraction of sp³-hybridized carbons (Fsp3) is 0.294. The first-order valence-corrected chi connectivity index (χ1v) is 7.94. The lowest BCUT2D eigenvalue weighted by molar-refractivity contribution is 0.949. The molecule has 0 unspecified atom stereocenters. The summed E-state index contributed by atoms with van der Waals surface area (Å²) in [4.78, 5) is 2.46. The number of hydrogen-bond acceptors (Lipinski definition) is 2. The third-order valence-electron chi connectivity index (χ3n) is 3.78. The molecular formula is C17H19BrN2. The molecule has 0 amide bonds. The molecule has 1 aliphatic rings.